The van der Waals surface area contributed by atoms with Crippen LogP contribution in [0.4, 0.5) is 33.1 Å². The van der Waals surface area contributed by atoms with E-state index in [0.717, 1.165) is 30.8 Å². The molecule has 2 unspecified atom stereocenters. The van der Waals surface area contributed by atoms with Crippen molar-refractivity contribution in [1.29, 1.82) is 0 Å². The van der Waals surface area contributed by atoms with Crippen LogP contribution in [-0.2, 0) is 9.63 Å². The molecule has 216 valence electrons. The molecule has 0 spiro atoms. The summed E-state index contributed by atoms with van der Waals surface area (Å²) in [5, 5.41) is 7.95. The van der Waals surface area contributed by atoms with Gasteiger partial charge in [0.2, 0.25) is 5.91 Å². The predicted octanol–water partition coefficient (Wildman–Crippen LogP) is 5.17. The molecule has 41 heavy (non-hydrogen) atoms. The third-order valence-corrected chi connectivity index (χ3v) is 7.68. The van der Waals surface area contributed by atoms with Crippen molar-refractivity contribution in [3.63, 3.8) is 0 Å². The zero-order valence-corrected chi connectivity index (χ0v) is 24.0. The van der Waals surface area contributed by atoms with Crippen LogP contribution >= 0.6 is 11.6 Å². The highest BCUT2D eigenvalue weighted by atomic mass is 35.5. The van der Waals surface area contributed by atoms with Crippen LogP contribution in [0.5, 0.6) is 5.75 Å². The first-order valence-electron chi connectivity index (χ1n) is 13.3. The highest BCUT2D eigenvalue weighted by Gasteiger charge is 2.30. The minimum Gasteiger partial charge on any atom is -0.494 e. The summed E-state index contributed by atoms with van der Waals surface area (Å²) in [6.07, 6.45) is 4.33. The average molecular weight is 582 g/mol. The number of halogens is 2. The Hall–Kier alpha value is -3.93. The summed E-state index contributed by atoms with van der Waals surface area (Å²) in [6.45, 7) is 5.72. The fraction of sp³-hybridized carbons (Fsp3) is 0.345. The van der Waals surface area contributed by atoms with E-state index in [2.05, 4.69) is 51.1 Å². The highest BCUT2D eigenvalue weighted by molar-refractivity contribution is 6.30. The average Bonchev–Trinajstić information content (AvgIpc) is 3.66. The molecule has 2 fully saturated rings. The van der Waals surface area contributed by atoms with Gasteiger partial charge in [-0.15, -0.1) is 0 Å². The Bertz CT molecular complexity index is 1440. The van der Waals surface area contributed by atoms with E-state index >= 15 is 0 Å². The largest absolute Gasteiger partial charge is 0.494 e. The number of benzene rings is 2. The lowest BCUT2D eigenvalue weighted by molar-refractivity contribution is -0.111. The smallest absolute Gasteiger partial charge is 0.247 e. The van der Waals surface area contributed by atoms with Crippen molar-refractivity contribution < 1.29 is 18.8 Å². The molecule has 10 nitrogen and oxygen atoms in total. The van der Waals surface area contributed by atoms with Gasteiger partial charge in [-0.3, -0.25) is 9.63 Å². The van der Waals surface area contributed by atoms with Crippen molar-refractivity contribution in [3.8, 4) is 5.75 Å². The van der Waals surface area contributed by atoms with Crippen molar-refractivity contribution in [1.82, 2.24) is 14.9 Å². The van der Waals surface area contributed by atoms with Crippen LogP contribution < -0.4 is 25.3 Å². The van der Waals surface area contributed by atoms with E-state index in [1.807, 2.05) is 12.1 Å². The minimum atomic E-state index is -0.484. The minimum absolute atomic E-state index is 0.0681. The number of carbonyl (C=O) groups is 1. The van der Waals surface area contributed by atoms with E-state index in [1.54, 1.807) is 24.3 Å². The number of ether oxygens (including phenoxy) is 1. The second-order valence-electron chi connectivity index (χ2n) is 10.1. The molecule has 2 aromatic carbocycles. The van der Waals surface area contributed by atoms with Gasteiger partial charge in [0.1, 0.15) is 23.7 Å². The van der Waals surface area contributed by atoms with E-state index in [9.17, 15) is 9.18 Å². The molecule has 2 saturated heterocycles. The van der Waals surface area contributed by atoms with Gasteiger partial charge in [-0.05, 0) is 50.4 Å². The number of aromatic nitrogens is 2. The summed E-state index contributed by atoms with van der Waals surface area (Å²) >= 11 is 5.88. The quantitative estimate of drug-likeness (QED) is 0.332. The Morgan fingerprint density at radius 1 is 1.22 bits per heavy atom. The Kier molecular flexibility index (Phi) is 8.57. The molecule has 2 aliphatic rings. The van der Waals surface area contributed by atoms with Gasteiger partial charge in [-0.25, -0.2) is 19.4 Å². The maximum atomic E-state index is 14.2. The molecule has 2 aliphatic heterocycles. The lowest BCUT2D eigenvalue weighted by Crippen LogP contribution is -2.31. The van der Waals surface area contributed by atoms with Crippen LogP contribution in [0, 0.1) is 5.82 Å². The van der Waals surface area contributed by atoms with E-state index in [4.69, 9.17) is 21.2 Å². The van der Waals surface area contributed by atoms with Crippen LogP contribution in [0.15, 0.2) is 55.4 Å². The highest BCUT2D eigenvalue weighted by Crippen LogP contribution is 2.41. The van der Waals surface area contributed by atoms with E-state index in [0.29, 0.717) is 47.8 Å². The van der Waals surface area contributed by atoms with Gasteiger partial charge in [0, 0.05) is 37.7 Å². The number of rotatable bonds is 9. The lowest BCUT2D eigenvalue weighted by atomic mass is 10.0. The van der Waals surface area contributed by atoms with Gasteiger partial charge in [0.15, 0.2) is 5.82 Å². The molecule has 0 aliphatic carbocycles. The number of nitrogens with one attached hydrogen (secondary N) is 2. The van der Waals surface area contributed by atoms with Crippen molar-refractivity contribution in [2.75, 3.05) is 61.5 Å². The number of hydroxylamine groups is 1. The van der Waals surface area contributed by atoms with Crippen LogP contribution in [0.1, 0.15) is 24.4 Å². The Labute approximate surface area is 243 Å². The lowest BCUT2D eigenvalue weighted by Gasteiger charge is -2.26. The first-order chi connectivity index (χ1) is 19.8. The first kappa shape index (κ1) is 28.6. The van der Waals surface area contributed by atoms with Crippen molar-refractivity contribution >= 4 is 46.2 Å². The van der Waals surface area contributed by atoms with E-state index in [-0.39, 0.29) is 17.0 Å². The number of carbonyl (C=O) groups excluding carboxylic acids is 1. The number of hydrogen-bond acceptors (Lipinski definition) is 9. The molecule has 1 aromatic heterocycles. The molecular formula is C29H33ClFN7O3. The Morgan fingerprint density at radius 3 is 2.76 bits per heavy atom. The van der Waals surface area contributed by atoms with Gasteiger partial charge < -0.3 is 25.2 Å². The molecule has 2 N–H and O–H groups in total. The molecule has 3 aromatic rings. The second kappa shape index (κ2) is 12.3. The number of amides is 1. The fourth-order valence-corrected chi connectivity index (χ4v) is 5.27. The van der Waals surface area contributed by atoms with Gasteiger partial charge in [-0.1, -0.05) is 24.2 Å². The zero-order chi connectivity index (χ0) is 29.1. The van der Waals surface area contributed by atoms with Crippen molar-refractivity contribution in [3.05, 3.63) is 71.8 Å². The van der Waals surface area contributed by atoms with Gasteiger partial charge in [-0.2, -0.15) is 0 Å². The normalized spacial score (nSPS) is 18.6. The molecular weight excluding hydrogens is 549 g/mol. The standard InChI is InChI=1S/C29H33ClFN7O3/c1-5-29(39)35-22-13-23(26(40-4)14-25(22)37-10-8-19(16-37)36(2)3)34-27-15-28(33-17-32-27)38-24(9-11-41-38)18-6-7-20(30)21(31)12-18/h5-7,12-15,17,19,24H,1,8-11,16H2,2-4H3,(H,35,39)(H,32,33,34). The fourth-order valence-electron chi connectivity index (χ4n) is 5.15. The first-order valence-corrected chi connectivity index (χ1v) is 13.7. The Balaban J connectivity index is 1.44. The monoisotopic (exact) mass is 581 g/mol. The third kappa shape index (κ3) is 6.22. The molecule has 0 radical (unpaired) electrons. The Morgan fingerprint density at radius 2 is 2.05 bits per heavy atom. The SMILES string of the molecule is C=CC(=O)Nc1cc(Nc2cc(N3OCCC3c3ccc(Cl)c(F)c3)ncn2)c(OC)cc1N1CCC(N(C)C)C1. The topological polar surface area (TPSA) is 95.1 Å². The number of nitrogens with zero attached hydrogens (tertiary/aromatic N) is 5. The summed E-state index contributed by atoms with van der Waals surface area (Å²) in [4.78, 5) is 31.4. The summed E-state index contributed by atoms with van der Waals surface area (Å²) < 4.78 is 19.9. The van der Waals surface area contributed by atoms with Gasteiger partial charge >= 0.3 is 0 Å². The molecule has 12 heteroatoms. The van der Waals surface area contributed by atoms with Gasteiger partial charge in [0.05, 0.1) is 41.8 Å². The van der Waals surface area contributed by atoms with Crippen LogP contribution in [0.25, 0.3) is 0 Å². The number of likely N-dealkylation sites (N-methyl/N-ethyl adjacent to an activating group) is 1. The molecule has 3 heterocycles. The third-order valence-electron chi connectivity index (χ3n) is 7.37. The van der Waals surface area contributed by atoms with Crippen molar-refractivity contribution in [2.24, 2.45) is 0 Å². The summed E-state index contributed by atoms with van der Waals surface area (Å²) in [7, 11) is 5.74. The van der Waals surface area contributed by atoms with Crippen LogP contribution in [-0.4, -0.2) is 67.7 Å². The molecule has 1 amide bonds. The molecule has 2 atom stereocenters. The van der Waals surface area contributed by atoms with Crippen LogP contribution in [0.3, 0.4) is 0 Å². The zero-order valence-electron chi connectivity index (χ0n) is 23.2. The second-order valence-corrected chi connectivity index (χ2v) is 10.5. The van der Waals surface area contributed by atoms with E-state index in [1.165, 1.54) is 24.5 Å². The number of anilines is 5. The van der Waals surface area contributed by atoms with E-state index < -0.39 is 5.82 Å². The number of hydrogen-bond donors (Lipinski definition) is 2. The maximum Gasteiger partial charge on any atom is 0.247 e. The summed E-state index contributed by atoms with van der Waals surface area (Å²) in [6, 6.07) is 10.4. The molecule has 0 bridgehead atoms. The predicted molar refractivity (Wildman–Crippen MR) is 159 cm³/mol. The maximum absolute atomic E-state index is 14.2. The number of methoxy groups -OCH3 is 1. The summed E-state index contributed by atoms with van der Waals surface area (Å²) in [5.74, 6) is 0.764. The van der Waals surface area contributed by atoms with Crippen molar-refractivity contribution in [2.45, 2.75) is 24.9 Å². The molecule has 0 saturated carbocycles. The van der Waals surface area contributed by atoms with Crippen LogP contribution in [0.2, 0.25) is 5.02 Å². The van der Waals surface area contributed by atoms with Gasteiger partial charge in [0.25, 0.3) is 0 Å². The molecule has 5 rings (SSSR count). The summed E-state index contributed by atoms with van der Waals surface area (Å²) in [5.41, 5.74) is 2.82.